The largest absolute Gasteiger partial charge is 0.0651 e. The van der Waals surface area contributed by atoms with E-state index in [1.807, 2.05) is 0 Å². The van der Waals surface area contributed by atoms with Crippen LogP contribution in [-0.2, 0) is 6.42 Å². The Morgan fingerprint density at radius 1 is 0.571 bits per heavy atom. The predicted octanol–water partition coefficient (Wildman–Crippen LogP) is 5.97. The molecule has 0 aliphatic rings. The van der Waals surface area contributed by atoms with Crippen LogP contribution in [0.1, 0.15) is 18.9 Å². The molecular formula is C21H20. The average molecular weight is 272 g/mol. The monoisotopic (exact) mass is 272 g/mol. The zero-order valence-electron chi connectivity index (χ0n) is 12.4. The maximum absolute atomic E-state index is 2.25. The van der Waals surface area contributed by atoms with Gasteiger partial charge in [0.15, 0.2) is 0 Å². The third-order valence-electron chi connectivity index (χ3n) is 3.82. The van der Waals surface area contributed by atoms with E-state index >= 15 is 0 Å². The van der Waals surface area contributed by atoms with Crippen LogP contribution in [-0.4, -0.2) is 0 Å². The van der Waals surface area contributed by atoms with E-state index in [1.54, 1.807) is 0 Å². The fraction of sp³-hybridized carbons (Fsp3) is 0.143. The molecule has 0 spiro atoms. The van der Waals surface area contributed by atoms with Crippen LogP contribution < -0.4 is 0 Å². The minimum atomic E-state index is 1.15. The van der Waals surface area contributed by atoms with Gasteiger partial charge in [-0.3, -0.25) is 0 Å². The summed E-state index contributed by atoms with van der Waals surface area (Å²) in [6.45, 7) is 2.22. The lowest BCUT2D eigenvalue weighted by molar-refractivity contribution is 0.922. The highest BCUT2D eigenvalue weighted by Gasteiger charge is 2.06. The highest BCUT2D eigenvalue weighted by atomic mass is 14.1. The summed E-state index contributed by atoms with van der Waals surface area (Å²) in [5.74, 6) is 0. The molecule has 0 nitrogen and oxygen atoms in total. The second-order valence-electron chi connectivity index (χ2n) is 5.36. The molecule has 3 aromatic carbocycles. The SMILES string of the molecule is CCCc1ccc(-c2ccccc2-c2ccccc2)cc1. The molecule has 0 heterocycles. The fourth-order valence-electron chi connectivity index (χ4n) is 2.74. The normalized spacial score (nSPS) is 10.5. The van der Waals surface area contributed by atoms with E-state index in [2.05, 4.69) is 85.8 Å². The number of hydrogen-bond acceptors (Lipinski definition) is 0. The molecule has 0 saturated carbocycles. The molecule has 3 rings (SSSR count). The summed E-state index contributed by atoms with van der Waals surface area (Å²) in [7, 11) is 0. The standard InChI is InChI=1S/C21H20/c1-2-8-17-13-15-19(16-14-17)21-12-7-6-11-20(21)18-9-4-3-5-10-18/h3-7,9-16H,2,8H2,1H3. The summed E-state index contributed by atoms with van der Waals surface area (Å²) in [5.41, 5.74) is 6.56. The molecule has 0 aliphatic carbocycles. The Labute approximate surface area is 127 Å². The number of benzene rings is 3. The van der Waals surface area contributed by atoms with Gasteiger partial charge in [0.25, 0.3) is 0 Å². The highest BCUT2D eigenvalue weighted by molar-refractivity contribution is 5.83. The second-order valence-corrected chi connectivity index (χ2v) is 5.36. The molecule has 0 heteroatoms. The quantitative estimate of drug-likeness (QED) is 0.548. The molecule has 0 aliphatic heterocycles. The first-order valence-electron chi connectivity index (χ1n) is 7.62. The van der Waals surface area contributed by atoms with Crippen molar-refractivity contribution in [1.29, 1.82) is 0 Å². The van der Waals surface area contributed by atoms with Gasteiger partial charge in [0, 0.05) is 0 Å². The third-order valence-corrected chi connectivity index (χ3v) is 3.82. The van der Waals surface area contributed by atoms with Crippen LogP contribution in [0.2, 0.25) is 0 Å². The van der Waals surface area contributed by atoms with Gasteiger partial charge >= 0.3 is 0 Å². The maximum atomic E-state index is 2.25. The van der Waals surface area contributed by atoms with E-state index < -0.39 is 0 Å². The van der Waals surface area contributed by atoms with Crippen molar-refractivity contribution in [2.75, 3.05) is 0 Å². The van der Waals surface area contributed by atoms with E-state index in [1.165, 1.54) is 34.2 Å². The Balaban J connectivity index is 2.03. The van der Waals surface area contributed by atoms with Crippen molar-refractivity contribution in [3.05, 3.63) is 84.4 Å². The first-order chi connectivity index (χ1) is 10.4. The van der Waals surface area contributed by atoms with Crippen LogP contribution in [0, 0.1) is 0 Å². The summed E-state index contributed by atoms with van der Waals surface area (Å²) in [6.07, 6.45) is 2.35. The van der Waals surface area contributed by atoms with E-state index in [-0.39, 0.29) is 0 Å². The number of aryl methyl sites for hydroxylation is 1. The van der Waals surface area contributed by atoms with Crippen molar-refractivity contribution in [3.8, 4) is 22.3 Å². The molecule has 0 fully saturated rings. The summed E-state index contributed by atoms with van der Waals surface area (Å²) in [5, 5.41) is 0. The Morgan fingerprint density at radius 3 is 1.67 bits per heavy atom. The van der Waals surface area contributed by atoms with Crippen LogP contribution in [0.4, 0.5) is 0 Å². The first kappa shape index (κ1) is 13.6. The molecule has 0 amide bonds. The number of hydrogen-bond donors (Lipinski definition) is 0. The Hall–Kier alpha value is -2.34. The second kappa shape index (κ2) is 6.41. The fourth-order valence-corrected chi connectivity index (χ4v) is 2.74. The minimum Gasteiger partial charge on any atom is -0.0651 e. The lowest BCUT2D eigenvalue weighted by atomic mass is 9.94. The van der Waals surface area contributed by atoms with Crippen molar-refractivity contribution in [1.82, 2.24) is 0 Å². The van der Waals surface area contributed by atoms with Gasteiger partial charge < -0.3 is 0 Å². The average Bonchev–Trinajstić information content (AvgIpc) is 2.57. The Morgan fingerprint density at radius 2 is 1.10 bits per heavy atom. The summed E-state index contributed by atoms with van der Waals surface area (Å²) >= 11 is 0. The van der Waals surface area contributed by atoms with Crippen LogP contribution >= 0.6 is 0 Å². The predicted molar refractivity (Wildman–Crippen MR) is 91.3 cm³/mol. The molecule has 0 saturated heterocycles. The van der Waals surface area contributed by atoms with Crippen molar-refractivity contribution in [2.45, 2.75) is 19.8 Å². The van der Waals surface area contributed by atoms with Gasteiger partial charge in [-0.25, -0.2) is 0 Å². The molecular weight excluding hydrogens is 252 g/mol. The molecule has 0 atom stereocenters. The van der Waals surface area contributed by atoms with Gasteiger partial charge in [-0.2, -0.15) is 0 Å². The van der Waals surface area contributed by atoms with Crippen LogP contribution in [0.25, 0.3) is 22.3 Å². The van der Waals surface area contributed by atoms with E-state index in [0.717, 1.165) is 6.42 Å². The van der Waals surface area contributed by atoms with Gasteiger partial charge in [-0.1, -0.05) is 92.2 Å². The van der Waals surface area contributed by atoms with Crippen LogP contribution in [0.3, 0.4) is 0 Å². The molecule has 0 radical (unpaired) electrons. The Bertz CT molecular complexity index is 694. The molecule has 0 bridgehead atoms. The van der Waals surface area contributed by atoms with Crippen molar-refractivity contribution in [2.24, 2.45) is 0 Å². The van der Waals surface area contributed by atoms with Gasteiger partial charge in [0.1, 0.15) is 0 Å². The lowest BCUT2D eigenvalue weighted by Crippen LogP contribution is -1.86. The van der Waals surface area contributed by atoms with Crippen LogP contribution in [0.5, 0.6) is 0 Å². The molecule has 0 aromatic heterocycles. The third kappa shape index (κ3) is 3.05. The van der Waals surface area contributed by atoms with Crippen molar-refractivity contribution in [3.63, 3.8) is 0 Å². The van der Waals surface area contributed by atoms with Crippen molar-refractivity contribution >= 4 is 0 Å². The van der Waals surface area contributed by atoms with Gasteiger partial charge in [-0.15, -0.1) is 0 Å². The first-order valence-corrected chi connectivity index (χ1v) is 7.62. The maximum Gasteiger partial charge on any atom is -0.0105 e. The minimum absolute atomic E-state index is 1.15. The molecule has 3 aromatic rings. The lowest BCUT2D eigenvalue weighted by Gasteiger charge is -2.10. The summed E-state index contributed by atoms with van der Waals surface area (Å²) in [4.78, 5) is 0. The zero-order valence-corrected chi connectivity index (χ0v) is 12.4. The van der Waals surface area contributed by atoms with Gasteiger partial charge in [0.05, 0.1) is 0 Å². The molecule has 0 N–H and O–H groups in total. The number of rotatable bonds is 4. The summed E-state index contributed by atoms with van der Waals surface area (Å²) in [6, 6.07) is 28.2. The highest BCUT2D eigenvalue weighted by Crippen LogP contribution is 2.31. The van der Waals surface area contributed by atoms with Crippen molar-refractivity contribution < 1.29 is 0 Å². The van der Waals surface area contributed by atoms with Crippen LogP contribution in [0.15, 0.2) is 78.9 Å². The Kier molecular flexibility index (Phi) is 4.16. The zero-order chi connectivity index (χ0) is 14.5. The smallest absolute Gasteiger partial charge is 0.0105 e. The van der Waals surface area contributed by atoms with Gasteiger partial charge in [-0.05, 0) is 34.2 Å². The van der Waals surface area contributed by atoms with E-state index in [9.17, 15) is 0 Å². The molecule has 0 unspecified atom stereocenters. The van der Waals surface area contributed by atoms with E-state index in [4.69, 9.17) is 0 Å². The molecule has 104 valence electrons. The topological polar surface area (TPSA) is 0 Å². The summed E-state index contributed by atoms with van der Waals surface area (Å²) < 4.78 is 0. The van der Waals surface area contributed by atoms with Gasteiger partial charge in [0.2, 0.25) is 0 Å². The molecule has 21 heavy (non-hydrogen) atoms. The van der Waals surface area contributed by atoms with E-state index in [0.29, 0.717) is 0 Å².